The van der Waals surface area contributed by atoms with Gasteiger partial charge in [-0.15, -0.1) is 0 Å². The Hall–Kier alpha value is -0.760. The van der Waals surface area contributed by atoms with Crippen LogP contribution in [0.5, 0.6) is 0 Å². The van der Waals surface area contributed by atoms with Crippen LogP contribution in [0.1, 0.15) is 99.8 Å². The molecule has 19 heteroatoms. The zero-order valence-corrected chi connectivity index (χ0v) is 39.2. The van der Waals surface area contributed by atoms with E-state index in [4.69, 9.17) is 37.9 Å². The fourth-order valence-corrected chi connectivity index (χ4v) is 16.9. The molecule has 0 radical (unpaired) electrons. The number of rotatable bonds is 9. The smallest absolute Gasteiger partial charge is 0.199 e. The molecule has 0 aromatic rings. The molecule has 5 saturated heterocycles. The van der Waals surface area contributed by atoms with Crippen LogP contribution in [-0.2, 0) is 37.9 Å². The lowest BCUT2D eigenvalue weighted by molar-refractivity contribution is -0.392. The minimum Gasteiger partial charge on any atom is -0.394 e. The quantitative estimate of drug-likeness (QED) is 0.121. The second-order valence-electron chi connectivity index (χ2n) is 23.9. The fraction of sp³-hybridized carbons (Fsp3) is 1.00. The van der Waals surface area contributed by atoms with Gasteiger partial charge in [-0.05, 0) is 105 Å². The molecule has 10 rings (SSSR count). The Morgan fingerprint density at radius 3 is 1.92 bits per heavy atom. The van der Waals surface area contributed by atoms with E-state index in [1.165, 1.54) is 0 Å². The number of aliphatic hydroxyl groups is 11. The van der Waals surface area contributed by atoms with Gasteiger partial charge in [0.2, 0.25) is 0 Å². The van der Waals surface area contributed by atoms with E-state index < -0.39 is 140 Å². The summed E-state index contributed by atoms with van der Waals surface area (Å²) >= 11 is 0. The van der Waals surface area contributed by atoms with E-state index in [0.717, 1.165) is 44.9 Å². The van der Waals surface area contributed by atoms with E-state index in [2.05, 4.69) is 34.6 Å². The summed E-state index contributed by atoms with van der Waals surface area (Å²) in [6.07, 6.45) is -17.9. The molecule has 2 bridgehead atoms. The van der Waals surface area contributed by atoms with Gasteiger partial charge in [-0.2, -0.15) is 0 Å². The minimum absolute atomic E-state index is 0.00382. The molecular formula is C47H76O19. The molecule has 10 aliphatic rings. The van der Waals surface area contributed by atoms with Gasteiger partial charge in [-0.25, -0.2) is 0 Å². The topological polar surface area (TPSA) is 296 Å². The fourth-order valence-electron chi connectivity index (χ4n) is 16.9. The maximum Gasteiger partial charge on any atom is 0.199 e. The molecule has 5 aliphatic heterocycles. The normalized spacial score (nSPS) is 59.5. The van der Waals surface area contributed by atoms with Crippen molar-refractivity contribution in [2.24, 2.45) is 50.7 Å². The zero-order chi connectivity index (χ0) is 47.6. The van der Waals surface area contributed by atoms with Crippen LogP contribution in [0.15, 0.2) is 0 Å². The largest absolute Gasteiger partial charge is 0.394 e. The Kier molecular flexibility index (Phi) is 11.9. The summed E-state index contributed by atoms with van der Waals surface area (Å²) in [4.78, 5) is 0. The first-order valence-electron chi connectivity index (χ1n) is 24.5. The monoisotopic (exact) mass is 944 g/mol. The lowest BCUT2D eigenvalue weighted by Crippen LogP contribution is -2.66. The van der Waals surface area contributed by atoms with Gasteiger partial charge in [0.05, 0.1) is 37.6 Å². The molecule has 66 heavy (non-hydrogen) atoms. The maximum atomic E-state index is 12.9. The second-order valence-corrected chi connectivity index (χ2v) is 23.9. The van der Waals surface area contributed by atoms with E-state index in [-0.39, 0.29) is 52.6 Å². The predicted molar refractivity (Wildman–Crippen MR) is 224 cm³/mol. The second kappa shape index (κ2) is 16.1. The van der Waals surface area contributed by atoms with Crippen LogP contribution in [0.4, 0.5) is 0 Å². The first kappa shape index (κ1) is 48.8. The van der Waals surface area contributed by atoms with Crippen LogP contribution in [0.3, 0.4) is 0 Å². The van der Waals surface area contributed by atoms with Gasteiger partial charge in [-0.3, -0.25) is 0 Å². The lowest BCUT2D eigenvalue weighted by atomic mass is 9.41. The highest BCUT2D eigenvalue weighted by Crippen LogP contribution is 2.90. The van der Waals surface area contributed by atoms with Gasteiger partial charge in [0, 0.05) is 11.3 Å². The number of fused-ring (bicyclic) bond motifs is 4. The summed E-state index contributed by atoms with van der Waals surface area (Å²) < 4.78 is 50.3. The SMILES string of the molecule is CC1CC2OC3(OC2C(C)(C)O)C1C1(C)CCC24CC25CCC(OC2OCC(O)C(O)C2OC2OC(CO)C(O)C(O)C2OC2OC(CO)C(O)C(O)C2O)C(C)(C)C5CCC4C1(C)C3O. The number of ether oxygens (including phenoxy) is 8. The third kappa shape index (κ3) is 6.49. The third-order valence-electron chi connectivity index (χ3n) is 20.1. The molecule has 0 amide bonds. The van der Waals surface area contributed by atoms with Crippen LogP contribution >= 0.6 is 0 Å². The Bertz CT molecular complexity index is 1820. The van der Waals surface area contributed by atoms with Gasteiger partial charge in [0.1, 0.15) is 79.4 Å². The summed E-state index contributed by atoms with van der Waals surface area (Å²) in [7, 11) is 0. The average Bonchev–Trinajstić information content (AvgIpc) is 3.78. The van der Waals surface area contributed by atoms with Crippen molar-refractivity contribution in [2.75, 3.05) is 19.8 Å². The van der Waals surface area contributed by atoms with E-state index in [9.17, 15) is 56.2 Å². The average molecular weight is 945 g/mol. The summed E-state index contributed by atoms with van der Waals surface area (Å²) in [6, 6.07) is 0. The predicted octanol–water partition coefficient (Wildman–Crippen LogP) is -1.23. The number of hydrogen-bond donors (Lipinski definition) is 11. The molecule has 0 aromatic heterocycles. The molecule has 378 valence electrons. The van der Waals surface area contributed by atoms with Gasteiger partial charge in [-0.1, -0.05) is 34.6 Å². The Labute approximate surface area is 385 Å². The van der Waals surface area contributed by atoms with Crippen LogP contribution in [0, 0.1) is 50.7 Å². The molecule has 5 heterocycles. The summed E-state index contributed by atoms with van der Waals surface area (Å²) in [5.74, 6) is -0.546. The molecule has 11 N–H and O–H groups in total. The van der Waals surface area contributed by atoms with E-state index in [0.29, 0.717) is 6.42 Å². The highest BCUT2D eigenvalue weighted by Gasteiger charge is 2.88. The first-order chi connectivity index (χ1) is 30.9. The third-order valence-corrected chi connectivity index (χ3v) is 20.1. The van der Waals surface area contributed by atoms with Crippen molar-refractivity contribution in [3.05, 3.63) is 0 Å². The van der Waals surface area contributed by atoms with E-state index in [1.54, 1.807) is 13.8 Å². The molecule has 3 spiro atoms. The van der Waals surface area contributed by atoms with Crippen molar-refractivity contribution in [2.45, 2.75) is 222 Å². The highest BCUT2D eigenvalue weighted by atomic mass is 16.8. The van der Waals surface area contributed by atoms with Crippen LogP contribution in [0.25, 0.3) is 0 Å². The molecular weight excluding hydrogens is 868 g/mol. The van der Waals surface area contributed by atoms with E-state index >= 15 is 0 Å². The zero-order valence-electron chi connectivity index (χ0n) is 39.2. The molecule has 27 unspecified atom stereocenters. The summed E-state index contributed by atoms with van der Waals surface area (Å²) in [5.41, 5.74) is -2.35. The van der Waals surface area contributed by atoms with Gasteiger partial charge in [0.25, 0.3) is 0 Å². The van der Waals surface area contributed by atoms with Crippen molar-refractivity contribution < 1.29 is 94.1 Å². The maximum absolute atomic E-state index is 12.9. The Balaban J connectivity index is 0.886. The van der Waals surface area contributed by atoms with E-state index in [1.807, 2.05) is 0 Å². The summed E-state index contributed by atoms with van der Waals surface area (Å²) in [6.45, 7) is 13.1. The molecule has 0 aromatic carbocycles. The van der Waals surface area contributed by atoms with Crippen LogP contribution in [-0.4, -0.2) is 198 Å². The lowest BCUT2D eigenvalue weighted by Gasteiger charge is -2.63. The molecule has 5 saturated carbocycles. The number of hydrogen-bond acceptors (Lipinski definition) is 19. The standard InChI is InChI=1S/C47H76O19/c1-19-14-21-36(42(4,5)58)66-47(65-21)35(19)43(6)12-13-46-18-45(46)11-10-26(41(2,3)24(45)8-9-25(46)44(43,7)40(47)57)62-38-33(27(51)20(50)17-59-38)64-39-34(31(55)29(53)23(16-49)61-39)63-37-32(56)30(54)28(52)22(15-48)60-37/h19-40,48-58H,8-18H2,1-7H3. The minimum atomic E-state index is -1.88. The van der Waals surface area contributed by atoms with Crippen molar-refractivity contribution in [1.82, 2.24) is 0 Å². The van der Waals surface area contributed by atoms with Crippen molar-refractivity contribution in [3.63, 3.8) is 0 Å². The van der Waals surface area contributed by atoms with Crippen molar-refractivity contribution in [3.8, 4) is 0 Å². The van der Waals surface area contributed by atoms with Crippen LogP contribution < -0.4 is 0 Å². The van der Waals surface area contributed by atoms with Crippen molar-refractivity contribution in [1.29, 1.82) is 0 Å². The summed E-state index contributed by atoms with van der Waals surface area (Å²) in [5, 5.41) is 120. The van der Waals surface area contributed by atoms with Gasteiger partial charge in [0.15, 0.2) is 24.7 Å². The van der Waals surface area contributed by atoms with Gasteiger partial charge >= 0.3 is 0 Å². The molecule has 19 nitrogen and oxygen atoms in total. The highest BCUT2D eigenvalue weighted by molar-refractivity contribution is 5.34. The molecule has 5 aliphatic carbocycles. The van der Waals surface area contributed by atoms with Crippen LogP contribution in [0.2, 0.25) is 0 Å². The van der Waals surface area contributed by atoms with Crippen molar-refractivity contribution >= 4 is 0 Å². The first-order valence-corrected chi connectivity index (χ1v) is 24.5. The molecule has 10 fully saturated rings. The Morgan fingerprint density at radius 1 is 0.652 bits per heavy atom. The number of aliphatic hydroxyl groups excluding tert-OH is 10. The Morgan fingerprint density at radius 2 is 1.26 bits per heavy atom. The molecule has 27 atom stereocenters. The van der Waals surface area contributed by atoms with Gasteiger partial charge < -0.3 is 94.1 Å².